The fraction of sp³-hybridized carbons (Fsp3) is 0.440. The highest BCUT2D eigenvalue weighted by atomic mass is 35.5. The lowest BCUT2D eigenvalue weighted by molar-refractivity contribution is -0.137. The molecule has 2 aromatic heterocycles. The average Bonchev–Trinajstić information content (AvgIpc) is 3.25. The van der Waals surface area contributed by atoms with Gasteiger partial charge in [0, 0.05) is 51.9 Å². The van der Waals surface area contributed by atoms with Crippen LogP contribution in [0.3, 0.4) is 0 Å². The maximum atomic E-state index is 13.8. The summed E-state index contributed by atoms with van der Waals surface area (Å²) in [5, 5.41) is 5.66. The van der Waals surface area contributed by atoms with Crippen LogP contribution in [-0.2, 0) is 30.4 Å². The Morgan fingerprint density at radius 1 is 1.18 bits per heavy atom. The first-order valence-electron chi connectivity index (χ1n) is 12.4. The quantitative estimate of drug-likeness (QED) is 0.505. The van der Waals surface area contributed by atoms with E-state index >= 15 is 0 Å². The van der Waals surface area contributed by atoms with E-state index in [0.29, 0.717) is 61.9 Å². The third-order valence-corrected chi connectivity index (χ3v) is 7.21. The van der Waals surface area contributed by atoms with Crippen LogP contribution in [0.5, 0.6) is 0 Å². The van der Waals surface area contributed by atoms with Crippen LogP contribution >= 0.6 is 11.6 Å². The van der Waals surface area contributed by atoms with Gasteiger partial charge in [-0.05, 0) is 24.6 Å². The second kappa shape index (κ2) is 10.1. The highest BCUT2D eigenvalue weighted by Gasteiger charge is 2.31. The number of pyridine rings is 1. The predicted molar refractivity (Wildman–Crippen MR) is 140 cm³/mol. The Hall–Kier alpha value is -3.38. The van der Waals surface area contributed by atoms with Gasteiger partial charge in [-0.1, -0.05) is 18.5 Å². The minimum atomic E-state index is -4.55. The number of hydrogen-bond donors (Lipinski definition) is 2. The standard InChI is InChI=1S/C25H27ClF3N7O2/c1-3-18-21(35-10-7-30-8-11-35)22(38)20-24(32-17-6-9-34(2)23(17)33-20)36(18)13-19(37)31-16-5-4-14(12-15(16)26)25(27,28)29/h4-5,12,30H,3,6-11,13H2,1-2H3,(H,31,37). The number of halogens is 4. The minimum absolute atomic E-state index is 0.0593. The van der Waals surface area contributed by atoms with E-state index in [2.05, 4.69) is 10.6 Å². The molecule has 13 heteroatoms. The van der Waals surface area contributed by atoms with Crippen LogP contribution in [0, 0.1) is 0 Å². The van der Waals surface area contributed by atoms with Crippen LogP contribution in [0.1, 0.15) is 23.9 Å². The van der Waals surface area contributed by atoms with Gasteiger partial charge in [0.05, 0.1) is 22.0 Å². The number of rotatable bonds is 5. The number of aromatic nitrogens is 3. The largest absolute Gasteiger partial charge is 0.416 e. The van der Waals surface area contributed by atoms with E-state index in [0.717, 1.165) is 30.4 Å². The zero-order valence-corrected chi connectivity index (χ0v) is 21.7. The first-order chi connectivity index (χ1) is 18.1. The van der Waals surface area contributed by atoms with E-state index < -0.39 is 17.6 Å². The molecule has 0 radical (unpaired) electrons. The van der Waals surface area contributed by atoms with Gasteiger partial charge in [0.2, 0.25) is 11.3 Å². The van der Waals surface area contributed by atoms with Crippen molar-refractivity contribution in [2.75, 3.05) is 54.9 Å². The summed E-state index contributed by atoms with van der Waals surface area (Å²) in [7, 11) is 1.89. The van der Waals surface area contributed by atoms with Crippen molar-refractivity contribution >= 4 is 45.9 Å². The van der Waals surface area contributed by atoms with Crippen molar-refractivity contribution in [1.82, 2.24) is 19.9 Å². The monoisotopic (exact) mass is 549 g/mol. The fourth-order valence-corrected chi connectivity index (χ4v) is 5.24. The molecule has 1 saturated heterocycles. The van der Waals surface area contributed by atoms with Gasteiger partial charge in [0.1, 0.15) is 12.2 Å². The van der Waals surface area contributed by atoms with Crippen LogP contribution in [-0.4, -0.2) is 60.2 Å². The molecule has 0 bridgehead atoms. The topological polar surface area (TPSA) is 95.4 Å². The van der Waals surface area contributed by atoms with Crippen LogP contribution in [0.2, 0.25) is 5.02 Å². The van der Waals surface area contributed by atoms with Gasteiger partial charge >= 0.3 is 6.18 Å². The van der Waals surface area contributed by atoms with E-state index in [-0.39, 0.29) is 28.2 Å². The van der Waals surface area contributed by atoms with Crippen LogP contribution in [0.15, 0.2) is 23.0 Å². The number of nitrogens with zero attached hydrogens (tertiary/aromatic N) is 5. The maximum Gasteiger partial charge on any atom is 0.416 e. The molecular weight excluding hydrogens is 523 g/mol. The minimum Gasteiger partial charge on any atom is -0.364 e. The predicted octanol–water partition coefficient (Wildman–Crippen LogP) is 3.07. The number of piperazine rings is 1. The Balaban J connectivity index is 1.59. The number of carbonyl (C=O) groups excluding carboxylic acids is 1. The molecule has 2 aliphatic heterocycles. The first kappa shape index (κ1) is 26.2. The van der Waals surface area contributed by atoms with Gasteiger partial charge in [-0.3, -0.25) is 9.59 Å². The van der Waals surface area contributed by atoms with Crippen molar-refractivity contribution < 1.29 is 18.0 Å². The molecule has 2 aliphatic rings. The normalized spacial score (nSPS) is 15.7. The molecule has 1 amide bonds. The zero-order valence-electron chi connectivity index (χ0n) is 21.0. The fourth-order valence-electron chi connectivity index (χ4n) is 5.01. The molecule has 0 unspecified atom stereocenters. The van der Waals surface area contributed by atoms with E-state index in [1.165, 1.54) is 0 Å². The third kappa shape index (κ3) is 4.78. The average molecular weight is 550 g/mol. The van der Waals surface area contributed by atoms with E-state index in [4.69, 9.17) is 21.6 Å². The molecule has 1 aromatic carbocycles. The summed E-state index contributed by atoms with van der Waals surface area (Å²) in [6.07, 6.45) is -3.43. The molecular formula is C25H27ClF3N7O2. The van der Waals surface area contributed by atoms with Gasteiger partial charge in [-0.15, -0.1) is 0 Å². The molecule has 2 N–H and O–H groups in total. The third-order valence-electron chi connectivity index (χ3n) is 6.90. The molecule has 0 atom stereocenters. The highest BCUT2D eigenvalue weighted by Crippen LogP contribution is 2.34. The molecule has 202 valence electrons. The van der Waals surface area contributed by atoms with E-state index in [9.17, 15) is 22.8 Å². The first-order valence-corrected chi connectivity index (χ1v) is 12.8. The van der Waals surface area contributed by atoms with Gasteiger partial charge < -0.3 is 25.0 Å². The summed E-state index contributed by atoms with van der Waals surface area (Å²) in [4.78, 5) is 40.4. The van der Waals surface area contributed by atoms with Crippen molar-refractivity contribution in [1.29, 1.82) is 0 Å². The number of fused-ring (bicyclic) bond motifs is 2. The number of benzene rings is 1. The molecule has 38 heavy (non-hydrogen) atoms. The Bertz CT molecular complexity index is 1470. The Morgan fingerprint density at radius 3 is 2.58 bits per heavy atom. The molecule has 4 heterocycles. The molecule has 5 rings (SSSR count). The Kier molecular flexibility index (Phi) is 6.95. The Labute approximate surface area is 221 Å². The lowest BCUT2D eigenvalue weighted by Crippen LogP contribution is -2.46. The lowest BCUT2D eigenvalue weighted by atomic mass is 10.1. The second-order valence-electron chi connectivity index (χ2n) is 9.38. The molecule has 0 spiro atoms. The van der Waals surface area contributed by atoms with Crippen LogP contribution < -0.4 is 25.9 Å². The van der Waals surface area contributed by atoms with Gasteiger partial charge in [0.15, 0.2) is 17.0 Å². The summed E-state index contributed by atoms with van der Waals surface area (Å²) in [5.41, 5.74) is 1.32. The number of likely N-dealkylation sites (N-methyl/N-ethyl adjacent to an activating group) is 1. The number of anilines is 3. The van der Waals surface area contributed by atoms with Crippen LogP contribution in [0.25, 0.3) is 11.2 Å². The molecule has 3 aromatic rings. The van der Waals surface area contributed by atoms with Crippen molar-refractivity contribution in [3.8, 4) is 0 Å². The van der Waals surface area contributed by atoms with E-state index in [1.54, 1.807) is 4.57 Å². The number of alkyl halides is 3. The Morgan fingerprint density at radius 2 is 1.92 bits per heavy atom. The van der Waals surface area contributed by atoms with Gasteiger partial charge in [-0.25, -0.2) is 9.97 Å². The molecule has 1 fully saturated rings. The maximum absolute atomic E-state index is 13.8. The van der Waals surface area contributed by atoms with E-state index in [1.807, 2.05) is 23.8 Å². The molecule has 0 aliphatic carbocycles. The van der Waals surface area contributed by atoms with Gasteiger partial charge in [0.25, 0.3) is 0 Å². The summed E-state index contributed by atoms with van der Waals surface area (Å²) in [6.45, 7) is 5.08. The highest BCUT2D eigenvalue weighted by molar-refractivity contribution is 6.33. The molecule has 0 saturated carbocycles. The second-order valence-corrected chi connectivity index (χ2v) is 9.79. The molecule has 9 nitrogen and oxygen atoms in total. The summed E-state index contributed by atoms with van der Waals surface area (Å²) in [5.74, 6) is 0.134. The smallest absolute Gasteiger partial charge is 0.364 e. The summed E-state index contributed by atoms with van der Waals surface area (Å²) >= 11 is 6.06. The van der Waals surface area contributed by atoms with Crippen molar-refractivity contribution in [2.24, 2.45) is 0 Å². The van der Waals surface area contributed by atoms with Crippen molar-refractivity contribution in [3.63, 3.8) is 0 Å². The number of hydrogen-bond acceptors (Lipinski definition) is 7. The lowest BCUT2D eigenvalue weighted by Gasteiger charge is -2.32. The van der Waals surface area contributed by atoms with Crippen molar-refractivity contribution in [2.45, 2.75) is 32.5 Å². The number of nitrogens with one attached hydrogen (secondary N) is 2. The SMILES string of the molecule is CCc1c(N2CCNCC2)c(=O)c2nc3c(nc2n1CC(=O)Nc1ccc(C(F)(F)F)cc1Cl)CCN3C. The summed E-state index contributed by atoms with van der Waals surface area (Å²) < 4.78 is 40.8. The van der Waals surface area contributed by atoms with Gasteiger partial charge in [-0.2, -0.15) is 13.2 Å². The summed E-state index contributed by atoms with van der Waals surface area (Å²) in [6, 6.07) is 2.76. The van der Waals surface area contributed by atoms with Crippen molar-refractivity contribution in [3.05, 3.63) is 50.4 Å². The zero-order chi connectivity index (χ0) is 27.2. The number of amides is 1. The van der Waals surface area contributed by atoms with Crippen LogP contribution in [0.4, 0.5) is 30.4 Å². The number of carbonyl (C=O) groups is 1.